The van der Waals surface area contributed by atoms with E-state index in [-0.39, 0.29) is 11.7 Å². The monoisotopic (exact) mass is 358 g/mol. The Morgan fingerprint density at radius 2 is 1.88 bits per heavy atom. The van der Waals surface area contributed by atoms with Gasteiger partial charge in [-0.1, -0.05) is 18.2 Å². The molecular formula is C19H22N2O5. The van der Waals surface area contributed by atoms with Crippen LogP contribution >= 0.6 is 0 Å². The molecule has 0 aliphatic heterocycles. The topological polar surface area (TPSA) is 90.7 Å². The fourth-order valence-electron chi connectivity index (χ4n) is 2.38. The third kappa shape index (κ3) is 6.08. The van der Waals surface area contributed by atoms with Crippen molar-refractivity contribution in [3.05, 3.63) is 58.6 Å². The highest BCUT2D eigenvalue weighted by Crippen LogP contribution is 2.31. The summed E-state index contributed by atoms with van der Waals surface area (Å²) in [6.07, 6.45) is 2.78. The second kappa shape index (κ2) is 10.0. The number of benzene rings is 2. The number of anilines is 2. The lowest BCUT2D eigenvalue weighted by Gasteiger charge is -2.10. The van der Waals surface area contributed by atoms with Crippen LogP contribution in [0.15, 0.2) is 48.5 Å². The van der Waals surface area contributed by atoms with Crippen LogP contribution in [-0.4, -0.2) is 24.6 Å². The molecule has 0 aliphatic carbocycles. The van der Waals surface area contributed by atoms with Gasteiger partial charge in [-0.2, -0.15) is 0 Å². The molecule has 0 radical (unpaired) electrons. The second-order valence-corrected chi connectivity index (χ2v) is 5.66. The zero-order valence-electron chi connectivity index (χ0n) is 14.6. The van der Waals surface area contributed by atoms with E-state index in [4.69, 9.17) is 4.74 Å². The van der Waals surface area contributed by atoms with Gasteiger partial charge in [0, 0.05) is 24.2 Å². The summed E-state index contributed by atoms with van der Waals surface area (Å²) in [6, 6.07) is 13.9. The molecule has 0 atom stereocenters. The second-order valence-electron chi connectivity index (χ2n) is 5.66. The van der Waals surface area contributed by atoms with E-state index in [2.05, 4.69) is 10.1 Å². The van der Waals surface area contributed by atoms with Crippen molar-refractivity contribution in [2.75, 3.05) is 19.0 Å². The molecule has 0 unspecified atom stereocenters. The number of nitro benzene ring substituents is 1. The molecule has 0 spiro atoms. The van der Waals surface area contributed by atoms with Crippen LogP contribution in [0.2, 0.25) is 0 Å². The summed E-state index contributed by atoms with van der Waals surface area (Å²) in [5, 5.41) is 14.3. The number of esters is 1. The molecule has 2 aromatic rings. The summed E-state index contributed by atoms with van der Waals surface area (Å²) < 4.78 is 10.3. The molecule has 0 fully saturated rings. The van der Waals surface area contributed by atoms with Crippen LogP contribution in [0.25, 0.3) is 0 Å². The average Bonchev–Trinajstić information content (AvgIpc) is 2.65. The van der Waals surface area contributed by atoms with Crippen LogP contribution in [0.4, 0.5) is 17.1 Å². The minimum absolute atomic E-state index is 0.0146. The van der Waals surface area contributed by atoms with Gasteiger partial charge in [0.25, 0.3) is 5.69 Å². The molecule has 0 amide bonds. The Morgan fingerprint density at radius 1 is 1.12 bits per heavy atom. The molecule has 0 aromatic heterocycles. The third-order valence-corrected chi connectivity index (χ3v) is 3.74. The summed E-state index contributed by atoms with van der Waals surface area (Å²) in [5.41, 5.74) is 1.12. The van der Waals surface area contributed by atoms with Gasteiger partial charge in [0.2, 0.25) is 0 Å². The minimum atomic E-state index is -0.429. The van der Waals surface area contributed by atoms with E-state index >= 15 is 0 Å². The first-order valence-corrected chi connectivity index (χ1v) is 8.40. The van der Waals surface area contributed by atoms with E-state index in [0.717, 1.165) is 24.9 Å². The smallest absolute Gasteiger partial charge is 0.305 e. The van der Waals surface area contributed by atoms with Crippen molar-refractivity contribution in [1.29, 1.82) is 0 Å². The number of nitrogens with zero attached hydrogens (tertiary/aromatic N) is 1. The highest BCUT2D eigenvalue weighted by molar-refractivity contribution is 5.71. The lowest BCUT2D eigenvalue weighted by Crippen LogP contribution is -2.02. The van der Waals surface area contributed by atoms with Crippen LogP contribution in [-0.2, 0) is 9.53 Å². The summed E-state index contributed by atoms with van der Waals surface area (Å²) in [6.45, 7) is 0.476. The Hall–Kier alpha value is -3.09. The van der Waals surface area contributed by atoms with Crippen LogP contribution in [0, 0.1) is 10.1 Å². The number of carbonyl (C=O) groups excluding carboxylic acids is 1. The lowest BCUT2D eigenvalue weighted by molar-refractivity contribution is -0.383. The van der Waals surface area contributed by atoms with Crippen molar-refractivity contribution in [2.24, 2.45) is 0 Å². The molecule has 7 nitrogen and oxygen atoms in total. The first-order chi connectivity index (χ1) is 12.6. The first-order valence-electron chi connectivity index (χ1n) is 8.40. The first kappa shape index (κ1) is 19.2. The van der Waals surface area contributed by atoms with E-state index in [1.165, 1.54) is 13.2 Å². The Labute approximate surface area is 152 Å². The fourth-order valence-corrected chi connectivity index (χ4v) is 2.38. The van der Waals surface area contributed by atoms with Crippen LogP contribution < -0.4 is 10.1 Å². The van der Waals surface area contributed by atoms with Gasteiger partial charge in [-0.25, -0.2) is 0 Å². The molecule has 0 saturated heterocycles. The largest absolute Gasteiger partial charge is 0.494 e. The molecule has 0 bridgehead atoms. The SMILES string of the molecule is COC(=O)CCCCCOc1ccc([N+](=O)[O-])c(Nc2ccccc2)c1. The third-order valence-electron chi connectivity index (χ3n) is 3.74. The lowest BCUT2D eigenvalue weighted by atomic mass is 10.2. The van der Waals surface area contributed by atoms with E-state index in [1.807, 2.05) is 30.3 Å². The van der Waals surface area contributed by atoms with Crippen molar-refractivity contribution in [3.8, 4) is 5.75 Å². The maximum atomic E-state index is 11.2. The zero-order valence-corrected chi connectivity index (χ0v) is 14.6. The number of carbonyl (C=O) groups is 1. The fraction of sp³-hybridized carbons (Fsp3) is 0.316. The Bertz CT molecular complexity index is 734. The molecule has 2 rings (SSSR count). The van der Waals surface area contributed by atoms with Crippen LogP contribution in [0.1, 0.15) is 25.7 Å². The number of nitro groups is 1. The quantitative estimate of drug-likeness (QED) is 0.292. The predicted octanol–water partition coefficient (Wildman–Crippen LogP) is 4.45. The van der Waals surface area contributed by atoms with Gasteiger partial charge in [-0.05, 0) is 37.5 Å². The van der Waals surface area contributed by atoms with Crippen molar-refractivity contribution in [2.45, 2.75) is 25.7 Å². The minimum Gasteiger partial charge on any atom is -0.494 e. The zero-order chi connectivity index (χ0) is 18.8. The highest BCUT2D eigenvalue weighted by Gasteiger charge is 2.15. The molecule has 0 saturated carbocycles. The van der Waals surface area contributed by atoms with Crippen molar-refractivity contribution in [1.82, 2.24) is 0 Å². The molecule has 1 N–H and O–H groups in total. The Morgan fingerprint density at radius 3 is 2.58 bits per heavy atom. The van der Waals surface area contributed by atoms with E-state index in [1.54, 1.807) is 12.1 Å². The van der Waals surface area contributed by atoms with Crippen molar-refractivity contribution >= 4 is 23.0 Å². The standard InChI is InChI=1S/C19H22N2O5/c1-25-19(22)10-6-3-7-13-26-16-11-12-18(21(23)24)17(14-16)20-15-8-4-2-5-9-15/h2,4-5,8-9,11-12,14,20H,3,6-7,10,13H2,1H3. The molecule has 138 valence electrons. The van der Waals surface area contributed by atoms with E-state index < -0.39 is 4.92 Å². The number of rotatable bonds is 10. The molecule has 2 aromatic carbocycles. The van der Waals surface area contributed by atoms with E-state index in [0.29, 0.717) is 24.5 Å². The Kier molecular flexibility index (Phi) is 7.42. The molecule has 26 heavy (non-hydrogen) atoms. The number of nitrogens with one attached hydrogen (secondary N) is 1. The Balaban J connectivity index is 1.92. The number of ether oxygens (including phenoxy) is 2. The van der Waals surface area contributed by atoms with E-state index in [9.17, 15) is 14.9 Å². The summed E-state index contributed by atoms with van der Waals surface area (Å²) in [7, 11) is 1.38. The molecule has 0 heterocycles. The molecule has 0 aliphatic rings. The van der Waals surface area contributed by atoms with Crippen LogP contribution in [0.3, 0.4) is 0 Å². The number of para-hydroxylation sites is 1. The average molecular weight is 358 g/mol. The predicted molar refractivity (Wildman–Crippen MR) is 98.8 cm³/mol. The van der Waals surface area contributed by atoms with Gasteiger partial charge >= 0.3 is 5.97 Å². The maximum absolute atomic E-state index is 11.2. The summed E-state index contributed by atoms with van der Waals surface area (Å²) in [4.78, 5) is 21.8. The molecular weight excluding hydrogens is 336 g/mol. The summed E-state index contributed by atoms with van der Waals surface area (Å²) >= 11 is 0. The number of hydrogen-bond donors (Lipinski definition) is 1. The van der Waals surface area contributed by atoms with Gasteiger partial charge in [0.1, 0.15) is 11.4 Å². The number of methoxy groups -OCH3 is 1. The maximum Gasteiger partial charge on any atom is 0.305 e. The molecule has 7 heteroatoms. The van der Waals surface area contributed by atoms with Gasteiger partial charge in [0.15, 0.2) is 0 Å². The van der Waals surface area contributed by atoms with Gasteiger partial charge in [0.05, 0.1) is 18.6 Å². The summed E-state index contributed by atoms with van der Waals surface area (Å²) in [5.74, 6) is 0.347. The highest BCUT2D eigenvalue weighted by atomic mass is 16.6. The van der Waals surface area contributed by atoms with Gasteiger partial charge < -0.3 is 14.8 Å². The number of unbranched alkanes of at least 4 members (excludes halogenated alkanes) is 2. The van der Waals surface area contributed by atoms with Crippen molar-refractivity contribution in [3.63, 3.8) is 0 Å². The van der Waals surface area contributed by atoms with Crippen molar-refractivity contribution < 1.29 is 19.2 Å². The van der Waals surface area contributed by atoms with Gasteiger partial charge in [-0.3, -0.25) is 14.9 Å². The van der Waals surface area contributed by atoms with Crippen LogP contribution in [0.5, 0.6) is 5.75 Å². The normalized spacial score (nSPS) is 10.2. The number of hydrogen-bond acceptors (Lipinski definition) is 6. The van der Waals surface area contributed by atoms with Gasteiger partial charge in [-0.15, -0.1) is 0 Å².